The first-order valence-electron chi connectivity index (χ1n) is 3.99. The minimum Gasteiger partial charge on any atom is -0.390 e. The molecule has 1 aromatic heterocycles. The highest BCUT2D eigenvalue weighted by molar-refractivity contribution is 5.83. The third-order valence-corrected chi connectivity index (χ3v) is 2.09. The van der Waals surface area contributed by atoms with Crippen molar-refractivity contribution in [1.29, 1.82) is 0 Å². The molecular weight excluding hydrogens is 150 g/mol. The lowest BCUT2D eigenvalue weighted by atomic mass is 10.2. The molecule has 2 N–H and O–H groups in total. The van der Waals surface area contributed by atoms with Gasteiger partial charge in [0.15, 0.2) is 0 Å². The second-order valence-electron chi connectivity index (χ2n) is 2.99. The molecule has 2 heteroatoms. The van der Waals surface area contributed by atoms with Crippen LogP contribution >= 0.6 is 0 Å². The largest absolute Gasteiger partial charge is 0.390 e. The number of nitrogens with one attached hydrogen (secondary N) is 1. The van der Waals surface area contributed by atoms with Crippen LogP contribution in [0.2, 0.25) is 0 Å². The number of aliphatic hydroxyl groups excluding tert-OH is 1. The maximum atomic E-state index is 8.90. The normalized spacial score (nSPS) is 10.8. The summed E-state index contributed by atoms with van der Waals surface area (Å²) in [6, 6.07) is 8.09. The van der Waals surface area contributed by atoms with Crippen LogP contribution in [0.5, 0.6) is 0 Å². The lowest BCUT2D eigenvalue weighted by molar-refractivity contribution is 0.278. The fraction of sp³-hybridized carbons (Fsp3) is 0.200. The van der Waals surface area contributed by atoms with E-state index in [1.54, 1.807) is 0 Å². The maximum Gasteiger partial charge on any atom is 0.0831 e. The summed E-state index contributed by atoms with van der Waals surface area (Å²) in [5.41, 5.74) is 3.22. The number of aromatic amines is 1. The van der Waals surface area contributed by atoms with E-state index in [1.165, 1.54) is 10.9 Å². The molecule has 0 radical (unpaired) electrons. The van der Waals surface area contributed by atoms with E-state index in [0.717, 1.165) is 11.2 Å². The van der Waals surface area contributed by atoms with E-state index in [0.29, 0.717) is 0 Å². The second-order valence-corrected chi connectivity index (χ2v) is 2.99. The van der Waals surface area contributed by atoms with E-state index in [9.17, 15) is 0 Å². The van der Waals surface area contributed by atoms with Crippen molar-refractivity contribution in [3.63, 3.8) is 0 Å². The van der Waals surface area contributed by atoms with Gasteiger partial charge in [-0.15, -0.1) is 0 Å². The highest BCUT2D eigenvalue weighted by Gasteiger charge is 2.00. The van der Waals surface area contributed by atoms with Gasteiger partial charge in [0.1, 0.15) is 0 Å². The summed E-state index contributed by atoms with van der Waals surface area (Å²) >= 11 is 0. The minimum atomic E-state index is 0.0775. The zero-order chi connectivity index (χ0) is 8.55. The fourth-order valence-corrected chi connectivity index (χ4v) is 1.45. The predicted octanol–water partition coefficient (Wildman–Crippen LogP) is 1.97. The summed E-state index contributed by atoms with van der Waals surface area (Å²) in [5, 5.41) is 10.1. The monoisotopic (exact) mass is 161 g/mol. The van der Waals surface area contributed by atoms with Crippen LogP contribution in [0.1, 0.15) is 11.3 Å². The number of hydrogen-bond donors (Lipinski definition) is 2. The standard InChI is InChI=1S/C10H11NO/c1-7-3-2-4-8-5-9(6-12)11-10(7)8/h2-5,11-12H,6H2,1H3. The zero-order valence-electron chi connectivity index (χ0n) is 6.96. The van der Waals surface area contributed by atoms with Gasteiger partial charge in [0.05, 0.1) is 6.61 Å². The average Bonchev–Trinajstić information content (AvgIpc) is 2.49. The Balaban J connectivity index is 2.74. The van der Waals surface area contributed by atoms with E-state index in [4.69, 9.17) is 5.11 Å². The molecule has 0 unspecified atom stereocenters. The molecule has 2 aromatic rings. The highest BCUT2D eigenvalue weighted by atomic mass is 16.3. The summed E-state index contributed by atoms with van der Waals surface area (Å²) in [5.74, 6) is 0. The third kappa shape index (κ3) is 1.01. The maximum absolute atomic E-state index is 8.90. The number of benzene rings is 1. The number of rotatable bonds is 1. The molecule has 12 heavy (non-hydrogen) atoms. The summed E-state index contributed by atoms with van der Waals surface area (Å²) in [4.78, 5) is 3.16. The number of fused-ring (bicyclic) bond motifs is 1. The average molecular weight is 161 g/mol. The molecule has 0 saturated carbocycles. The van der Waals surface area contributed by atoms with Crippen molar-refractivity contribution in [2.75, 3.05) is 0 Å². The van der Waals surface area contributed by atoms with Crippen molar-refractivity contribution in [1.82, 2.24) is 4.98 Å². The van der Waals surface area contributed by atoms with Gasteiger partial charge in [-0.1, -0.05) is 18.2 Å². The Kier molecular flexibility index (Phi) is 1.62. The van der Waals surface area contributed by atoms with Gasteiger partial charge in [0.2, 0.25) is 0 Å². The molecule has 1 aromatic carbocycles. The third-order valence-electron chi connectivity index (χ3n) is 2.09. The van der Waals surface area contributed by atoms with Crippen LogP contribution in [0.15, 0.2) is 24.3 Å². The summed E-state index contributed by atoms with van der Waals surface area (Å²) in [7, 11) is 0. The summed E-state index contributed by atoms with van der Waals surface area (Å²) < 4.78 is 0. The molecule has 0 atom stereocenters. The van der Waals surface area contributed by atoms with Crippen molar-refractivity contribution in [3.05, 3.63) is 35.5 Å². The molecule has 0 spiro atoms. The first-order valence-corrected chi connectivity index (χ1v) is 3.99. The van der Waals surface area contributed by atoms with Crippen molar-refractivity contribution >= 4 is 10.9 Å². The first-order chi connectivity index (χ1) is 5.81. The second kappa shape index (κ2) is 2.64. The van der Waals surface area contributed by atoms with Crippen molar-refractivity contribution < 1.29 is 5.11 Å². The van der Waals surface area contributed by atoms with Gasteiger partial charge in [0.25, 0.3) is 0 Å². The molecule has 0 aliphatic rings. The Bertz CT molecular complexity index is 403. The van der Waals surface area contributed by atoms with E-state index in [-0.39, 0.29) is 6.61 Å². The van der Waals surface area contributed by atoms with E-state index in [2.05, 4.69) is 18.0 Å². The molecular formula is C10H11NO. The fourth-order valence-electron chi connectivity index (χ4n) is 1.45. The van der Waals surface area contributed by atoms with Gasteiger partial charge in [-0.05, 0) is 18.6 Å². The number of hydrogen-bond acceptors (Lipinski definition) is 1. The van der Waals surface area contributed by atoms with Crippen LogP contribution in [0.4, 0.5) is 0 Å². The van der Waals surface area contributed by atoms with Crippen molar-refractivity contribution in [3.8, 4) is 0 Å². The Labute approximate surface area is 70.8 Å². The van der Waals surface area contributed by atoms with Crippen LogP contribution < -0.4 is 0 Å². The molecule has 1 heterocycles. The van der Waals surface area contributed by atoms with Crippen LogP contribution in [0, 0.1) is 6.92 Å². The molecule has 0 amide bonds. The number of aromatic nitrogens is 1. The van der Waals surface area contributed by atoms with Crippen LogP contribution in [0.3, 0.4) is 0 Å². The molecule has 2 rings (SSSR count). The van der Waals surface area contributed by atoms with Gasteiger partial charge >= 0.3 is 0 Å². The molecule has 0 saturated heterocycles. The molecule has 2 nitrogen and oxygen atoms in total. The number of H-pyrrole nitrogens is 1. The van der Waals surface area contributed by atoms with Gasteiger partial charge in [-0.2, -0.15) is 0 Å². The van der Waals surface area contributed by atoms with Crippen LogP contribution in [-0.4, -0.2) is 10.1 Å². The molecule has 0 aliphatic carbocycles. The van der Waals surface area contributed by atoms with Crippen LogP contribution in [-0.2, 0) is 6.61 Å². The molecule has 62 valence electrons. The Morgan fingerprint density at radius 2 is 2.25 bits per heavy atom. The SMILES string of the molecule is Cc1cccc2cc(CO)[nH]c12. The Morgan fingerprint density at radius 3 is 2.92 bits per heavy atom. The smallest absolute Gasteiger partial charge is 0.0831 e. The van der Waals surface area contributed by atoms with Gasteiger partial charge in [0, 0.05) is 16.6 Å². The van der Waals surface area contributed by atoms with Crippen molar-refractivity contribution in [2.24, 2.45) is 0 Å². The zero-order valence-corrected chi connectivity index (χ0v) is 6.96. The molecule has 0 aliphatic heterocycles. The van der Waals surface area contributed by atoms with Gasteiger partial charge in [-0.3, -0.25) is 0 Å². The van der Waals surface area contributed by atoms with Crippen molar-refractivity contribution in [2.45, 2.75) is 13.5 Å². The molecule has 0 fully saturated rings. The highest BCUT2D eigenvalue weighted by Crippen LogP contribution is 2.18. The van der Waals surface area contributed by atoms with E-state index in [1.807, 2.05) is 18.2 Å². The van der Waals surface area contributed by atoms with Crippen LogP contribution in [0.25, 0.3) is 10.9 Å². The summed E-state index contributed by atoms with van der Waals surface area (Å²) in [6.45, 7) is 2.13. The summed E-state index contributed by atoms with van der Waals surface area (Å²) in [6.07, 6.45) is 0. The van der Waals surface area contributed by atoms with E-state index >= 15 is 0 Å². The number of para-hydroxylation sites is 1. The predicted molar refractivity (Wildman–Crippen MR) is 49.0 cm³/mol. The Hall–Kier alpha value is -1.28. The number of aryl methyl sites for hydroxylation is 1. The lowest BCUT2D eigenvalue weighted by Crippen LogP contribution is -1.80. The quantitative estimate of drug-likeness (QED) is 0.659. The minimum absolute atomic E-state index is 0.0775. The Morgan fingerprint density at radius 1 is 1.42 bits per heavy atom. The number of aliphatic hydroxyl groups is 1. The first kappa shape index (κ1) is 7.37. The van der Waals surface area contributed by atoms with E-state index < -0.39 is 0 Å². The lowest BCUT2D eigenvalue weighted by Gasteiger charge is -1.93. The topological polar surface area (TPSA) is 36.0 Å². The van der Waals surface area contributed by atoms with Gasteiger partial charge in [-0.25, -0.2) is 0 Å². The molecule has 0 bridgehead atoms. The van der Waals surface area contributed by atoms with Gasteiger partial charge < -0.3 is 10.1 Å².